The molecule has 160 valence electrons. The van der Waals surface area contributed by atoms with E-state index in [9.17, 15) is 14.9 Å². The van der Waals surface area contributed by atoms with Gasteiger partial charge in [-0.1, -0.05) is 31.4 Å². The highest BCUT2D eigenvalue weighted by molar-refractivity contribution is 5.75. The molecule has 6 nitrogen and oxygen atoms in total. The van der Waals surface area contributed by atoms with E-state index < -0.39 is 0 Å². The highest BCUT2D eigenvalue weighted by atomic mass is 16.2. The number of nitrogens with one attached hydrogen (secondary N) is 1. The lowest BCUT2D eigenvalue weighted by Gasteiger charge is -2.44. The first-order valence-electron chi connectivity index (χ1n) is 11.4. The van der Waals surface area contributed by atoms with Crippen molar-refractivity contribution < 1.29 is 4.79 Å². The Hall–Kier alpha value is -3.07. The molecule has 0 radical (unpaired) electrons. The van der Waals surface area contributed by atoms with Crippen molar-refractivity contribution in [3.63, 3.8) is 0 Å². The molecule has 1 aromatic carbocycles. The Labute approximate surface area is 182 Å². The van der Waals surface area contributed by atoms with Gasteiger partial charge in [0.2, 0.25) is 0 Å². The van der Waals surface area contributed by atoms with Crippen molar-refractivity contribution in [2.24, 2.45) is 5.92 Å². The molecule has 1 N–H and O–H groups in total. The molecule has 1 saturated heterocycles. The molecule has 1 aliphatic carbocycles. The maximum absolute atomic E-state index is 13.0. The fourth-order valence-corrected chi connectivity index (χ4v) is 5.69. The van der Waals surface area contributed by atoms with E-state index in [4.69, 9.17) is 0 Å². The molecule has 1 saturated carbocycles. The monoisotopic (exact) mass is 416 g/mol. The standard InChI is InChI=1S/C25H28N4O2/c26-13-17-5-4-6-19(11-17)22-9-10-23(30)29-15-18-12-20(24(22)29)16-28(14-18)25(31)27-21-7-2-1-3-8-21/h4-6,9-11,18,20-21H,1-3,7-8,12,14-16H2,(H,27,31)/t18-,20+/m0/s1. The van der Waals surface area contributed by atoms with Crippen LogP contribution in [0.4, 0.5) is 4.79 Å². The second kappa shape index (κ2) is 8.22. The molecule has 2 atom stereocenters. The van der Waals surface area contributed by atoms with Crippen LogP contribution >= 0.6 is 0 Å². The number of nitriles is 1. The van der Waals surface area contributed by atoms with Crippen LogP contribution in [0.15, 0.2) is 41.2 Å². The van der Waals surface area contributed by atoms with Gasteiger partial charge in [-0.2, -0.15) is 5.26 Å². The van der Waals surface area contributed by atoms with Crippen LogP contribution in [-0.2, 0) is 6.54 Å². The average molecular weight is 417 g/mol. The van der Waals surface area contributed by atoms with E-state index in [1.807, 2.05) is 33.7 Å². The largest absolute Gasteiger partial charge is 0.335 e. The molecule has 5 rings (SSSR count). The number of aromatic nitrogens is 1. The molecule has 6 heteroatoms. The van der Waals surface area contributed by atoms with Gasteiger partial charge >= 0.3 is 6.03 Å². The number of pyridine rings is 1. The molecule has 3 aliphatic rings. The Balaban J connectivity index is 1.45. The molecule has 0 spiro atoms. The normalized spacial score (nSPS) is 23.0. The third kappa shape index (κ3) is 3.85. The molecule has 3 heterocycles. The molecule has 2 fully saturated rings. The molecule has 2 aliphatic heterocycles. The molecule has 1 aromatic heterocycles. The molecular formula is C25H28N4O2. The van der Waals surface area contributed by atoms with Crippen LogP contribution in [0.25, 0.3) is 11.1 Å². The summed E-state index contributed by atoms with van der Waals surface area (Å²) in [6.45, 7) is 1.97. The van der Waals surface area contributed by atoms with E-state index >= 15 is 0 Å². The Bertz CT molecular complexity index is 1090. The summed E-state index contributed by atoms with van der Waals surface area (Å²) in [6.07, 6.45) is 6.78. The lowest BCUT2D eigenvalue weighted by Crippen LogP contribution is -2.53. The van der Waals surface area contributed by atoms with Gasteiger partial charge in [0.05, 0.1) is 11.6 Å². The molecule has 31 heavy (non-hydrogen) atoms. The Morgan fingerprint density at radius 3 is 2.71 bits per heavy atom. The predicted molar refractivity (Wildman–Crippen MR) is 119 cm³/mol. The van der Waals surface area contributed by atoms with Gasteiger partial charge in [-0.15, -0.1) is 0 Å². The average Bonchev–Trinajstić information content (AvgIpc) is 2.80. The number of hydrogen-bond acceptors (Lipinski definition) is 3. The van der Waals surface area contributed by atoms with Crippen LogP contribution in [0.2, 0.25) is 0 Å². The van der Waals surface area contributed by atoms with Gasteiger partial charge in [0, 0.05) is 48.9 Å². The van der Waals surface area contributed by atoms with E-state index in [1.54, 1.807) is 12.1 Å². The number of nitrogens with zero attached hydrogens (tertiary/aromatic N) is 3. The SMILES string of the molecule is N#Cc1cccc(-c2ccc(=O)n3c2[C@@H]2C[C@@H](CN(C(=O)NC4CCCCC4)C2)C3)c1. The smallest absolute Gasteiger partial charge is 0.317 e. The number of urea groups is 1. The van der Waals surface area contributed by atoms with Gasteiger partial charge in [-0.3, -0.25) is 4.79 Å². The zero-order valence-electron chi connectivity index (χ0n) is 17.7. The van der Waals surface area contributed by atoms with Crippen molar-refractivity contribution in [3.05, 3.63) is 58.0 Å². The maximum atomic E-state index is 13.0. The number of piperidine rings is 1. The number of carbonyl (C=O) groups excluding carboxylic acids is 1. The van der Waals surface area contributed by atoms with Crippen molar-refractivity contribution in [2.75, 3.05) is 13.1 Å². The summed E-state index contributed by atoms with van der Waals surface area (Å²) in [4.78, 5) is 27.7. The first kappa shape index (κ1) is 19.9. The topological polar surface area (TPSA) is 78.1 Å². The van der Waals surface area contributed by atoms with E-state index in [1.165, 1.54) is 19.3 Å². The highest BCUT2D eigenvalue weighted by Gasteiger charge is 2.38. The number of likely N-dealkylation sites (tertiary alicyclic amines) is 1. The first-order valence-corrected chi connectivity index (χ1v) is 11.4. The minimum absolute atomic E-state index is 0.0185. The predicted octanol–water partition coefficient (Wildman–Crippen LogP) is 3.85. The van der Waals surface area contributed by atoms with Gasteiger partial charge in [-0.05, 0) is 48.9 Å². The fourth-order valence-electron chi connectivity index (χ4n) is 5.69. The summed E-state index contributed by atoms with van der Waals surface area (Å²) in [5, 5.41) is 12.6. The summed E-state index contributed by atoms with van der Waals surface area (Å²) < 4.78 is 1.91. The lowest BCUT2D eigenvalue weighted by molar-refractivity contribution is 0.128. The Kier molecular flexibility index (Phi) is 5.27. The zero-order valence-corrected chi connectivity index (χ0v) is 17.7. The van der Waals surface area contributed by atoms with Crippen LogP contribution in [0.1, 0.15) is 55.7 Å². The van der Waals surface area contributed by atoms with Crippen LogP contribution in [-0.4, -0.2) is 34.6 Å². The second-order valence-electron chi connectivity index (χ2n) is 9.26. The number of amides is 2. The zero-order chi connectivity index (χ0) is 21.4. The van der Waals surface area contributed by atoms with Crippen molar-refractivity contribution >= 4 is 6.03 Å². The van der Waals surface area contributed by atoms with Crippen LogP contribution in [0.3, 0.4) is 0 Å². The Morgan fingerprint density at radius 1 is 1.06 bits per heavy atom. The maximum Gasteiger partial charge on any atom is 0.317 e. The summed E-state index contributed by atoms with van der Waals surface area (Å²) in [5.74, 6) is 0.418. The van der Waals surface area contributed by atoms with E-state index in [-0.39, 0.29) is 17.5 Å². The minimum atomic E-state index is 0.0185. The first-order chi connectivity index (χ1) is 15.1. The van der Waals surface area contributed by atoms with Crippen molar-refractivity contribution in [3.8, 4) is 17.2 Å². The number of benzene rings is 1. The van der Waals surface area contributed by atoms with Crippen LogP contribution < -0.4 is 10.9 Å². The number of carbonyl (C=O) groups is 1. The summed E-state index contributed by atoms with van der Waals surface area (Å²) in [6, 6.07) is 13.6. The summed E-state index contributed by atoms with van der Waals surface area (Å²) in [5.41, 5.74) is 3.58. The Morgan fingerprint density at radius 2 is 1.90 bits per heavy atom. The molecule has 2 amide bonds. The lowest BCUT2D eigenvalue weighted by atomic mass is 9.80. The third-order valence-corrected chi connectivity index (χ3v) is 7.11. The molecule has 2 aromatic rings. The van der Waals surface area contributed by atoms with Crippen LogP contribution in [0.5, 0.6) is 0 Å². The van der Waals surface area contributed by atoms with Crippen molar-refractivity contribution in [1.29, 1.82) is 5.26 Å². The van der Waals surface area contributed by atoms with Gasteiger partial charge in [0.25, 0.3) is 5.56 Å². The van der Waals surface area contributed by atoms with E-state index in [2.05, 4.69) is 11.4 Å². The number of fused-ring (bicyclic) bond motifs is 4. The number of rotatable bonds is 2. The van der Waals surface area contributed by atoms with Crippen molar-refractivity contribution in [2.45, 2.75) is 57.0 Å². The molecule has 0 unspecified atom stereocenters. The van der Waals surface area contributed by atoms with Gasteiger partial charge < -0.3 is 14.8 Å². The highest BCUT2D eigenvalue weighted by Crippen LogP contribution is 2.40. The van der Waals surface area contributed by atoms with Gasteiger partial charge in [0.15, 0.2) is 0 Å². The summed E-state index contributed by atoms with van der Waals surface area (Å²) in [7, 11) is 0. The van der Waals surface area contributed by atoms with Gasteiger partial charge in [-0.25, -0.2) is 4.79 Å². The van der Waals surface area contributed by atoms with Gasteiger partial charge in [0.1, 0.15) is 0 Å². The van der Waals surface area contributed by atoms with Crippen molar-refractivity contribution in [1.82, 2.24) is 14.8 Å². The fraction of sp³-hybridized carbons (Fsp3) is 0.480. The molecule has 2 bridgehead atoms. The van der Waals surface area contributed by atoms with E-state index in [0.717, 1.165) is 36.1 Å². The van der Waals surface area contributed by atoms with E-state index in [0.29, 0.717) is 37.2 Å². The number of hydrogen-bond donors (Lipinski definition) is 1. The second-order valence-corrected chi connectivity index (χ2v) is 9.26. The quantitative estimate of drug-likeness (QED) is 0.808. The third-order valence-electron chi connectivity index (χ3n) is 7.11. The molecular weight excluding hydrogens is 388 g/mol. The summed E-state index contributed by atoms with van der Waals surface area (Å²) >= 11 is 0. The minimum Gasteiger partial charge on any atom is -0.335 e. The van der Waals surface area contributed by atoms with Crippen LogP contribution in [0, 0.1) is 17.2 Å².